The number of rotatable bonds is 2. The molecule has 0 spiro atoms. The van der Waals surface area contributed by atoms with Crippen LogP contribution in [0.4, 0.5) is 0 Å². The minimum Gasteiger partial charge on any atom is -0.462 e. The third-order valence-corrected chi connectivity index (χ3v) is 3.04. The molecule has 13 heavy (non-hydrogen) atoms. The summed E-state index contributed by atoms with van der Waals surface area (Å²) < 4.78 is 10.1. The number of aliphatic hydroxyl groups is 1. The largest absolute Gasteiger partial charge is 0.462 e. The summed E-state index contributed by atoms with van der Waals surface area (Å²) >= 11 is 0. The van der Waals surface area contributed by atoms with E-state index >= 15 is 0 Å². The van der Waals surface area contributed by atoms with Crippen LogP contribution in [0, 0.1) is 11.8 Å². The van der Waals surface area contributed by atoms with Crippen molar-refractivity contribution >= 4 is 5.97 Å². The Kier molecular flexibility index (Phi) is 2.26. The standard InChI is InChI=1S/C9H14O4/c1-12-4-6-5-2-9(11)13-8(5)3-7(6)10/h5-8,10H,2-4H2,1H3/t5-,6-,7-,8+/m0/s1. The Morgan fingerprint density at radius 3 is 3.15 bits per heavy atom. The molecule has 0 aromatic rings. The first-order valence-electron chi connectivity index (χ1n) is 4.59. The number of carbonyl (C=O) groups excluding carboxylic acids is 1. The summed E-state index contributed by atoms with van der Waals surface area (Å²) in [4.78, 5) is 11.0. The molecular weight excluding hydrogens is 172 g/mol. The average Bonchev–Trinajstić information content (AvgIpc) is 2.52. The van der Waals surface area contributed by atoms with Crippen molar-refractivity contribution in [2.45, 2.75) is 25.0 Å². The fourth-order valence-corrected chi connectivity index (χ4v) is 2.40. The predicted octanol–water partition coefficient (Wildman–Crippen LogP) is -0.0547. The summed E-state index contributed by atoms with van der Waals surface area (Å²) in [6, 6.07) is 0. The average molecular weight is 186 g/mol. The van der Waals surface area contributed by atoms with Crippen LogP contribution in [0.5, 0.6) is 0 Å². The van der Waals surface area contributed by atoms with Gasteiger partial charge >= 0.3 is 5.97 Å². The third-order valence-electron chi connectivity index (χ3n) is 3.04. The lowest BCUT2D eigenvalue weighted by molar-refractivity contribution is -0.141. The molecule has 0 aromatic carbocycles. The Labute approximate surface area is 76.8 Å². The first kappa shape index (κ1) is 8.97. The molecule has 0 aromatic heterocycles. The van der Waals surface area contributed by atoms with E-state index in [0.717, 1.165) is 0 Å². The molecule has 1 aliphatic carbocycles. The maximum absolute atomic E-state index is 11.0. The smallest absolute Gasteiger partial charge is 0.306 e. The van der Waals surface area contributed by atoms with Gasteiger partial charge in [-0.25, -0.2) is 0 Å². The van der Waals surface area contributed by atoms with E-state index < -0.39 is 0 Å². The molecule has 0 amide bonds. The van der Waals surface area contributed by atoms with Gasteiger partial charge in [0.05, 0.1) is 19.1 Å². The maximum atomic E-state index is 11.0. The fourth-order valence-electron chi connectivity index (χ4n) is 2.40. The van der Waals surface area contributed by atoms with Crippen molar-refractivity contribution in [3.8, 4) is 0 Å². The molecule has 4 atom stereocenters. The van der Waals surface area contributed by atoms with Crippen molar-refractivity contribution in [3.05, 3.63) is 0 Å². The lowest BCUT2D eigenvalue weighted by Gasteiger charge is -2.17. The van der Waals surface area contributed by atoms with Gasteiger partial charge in [0.15, 0.2) is 0 Å². The topological polar surface area (TPSA) is 55.8 Å². The van der Waals surface area contributed by atoms with Crippen LogP contribution in [-0.4, -0.2) is 37.0 Å². The van der Waals surface area contributed by atoms with Crippen LogP contribution in [0.1, 0.15) is 12.8 Å². The second kappa shape index (κ2) is 3.27. The molecule has 4 nitrogen and oxygen atoms in total. The van der Waals surface area contributed by atoms with Gasteiger partial charge in [0, 0.05) is 25.4 Å². The second-order valence-corrected chi connectivity index (χ2v) is 3.82. The first-order valence-corrected chi connectivity index (χ1v) is 4.59. The van der Waals surface area contributed by atoms with Crippen molar-refractivity contribution in [1.29, 1.82) is 0 Å². The highest BCUT2D eigenvalue weighted by Gasteiger charge is 2.49. The first-order chi connectivity index (χ1) is 6.22. The number of carbonyl (C=O) groups is 1. The van der Waals surface area contributed by atoms with E-state index in [1.807, 2.05) is 0 Å². The number of fused-ring (bicyclic) bond motifs is 1. The Morgan fingerprint density at radius 2 is 2.46 bits per heavy atom. The van der Waals surface area contributed by atoms with E-state index in [2.05, 4.69) is 0 Å². The van der Waals surface area contributed by atoms with Gasteiger partial charge in [-0.1, -0.05) is 0 Å². The zero-order valence-electron chi connectivity index (χ0n) is 7.60. The van der Waals surface area contributed by atoms with Crippen molar-refractivity contribution < 1.29 is 19.4 Å². The van der Waals surface area contributed by atoms with Crippen LogP contribution >= 0.6 is 0 Å². The van der Waals surface area contributed by atoms with E-state index in [4.69, 9.17) is 9.47 Å². The summed E-state index contributed by atoms with van der Waals surface area (Å²) in [7, 11) is 1.61. The van der Waals surface area contributed by atoms with Gasteiger partial charge in [0.1, 0.15) is 6.10 Å². The van der Waals surface area contributed by atoms with E-state index in [9.17, 15) is 9.90 Å². The quantitative estimate of drug-likeness (QED) is 0.614. The summed E-state index contributed by atoms with van der Waals surface area (Å²) in [5, 5.41) is 9.64. The SMILES string of the molecule is COC[C@H]1[C@@H]2CC(=O)O[C@@H]2C[C@@H]1O. The Morgan fingerprint density at radius 1 is 1.69 bits per heavy atom. The maximum Gasteiger partial charge on any atom is 0.306 e. The van der Waals surface area contributed by atoms with Crippen LogP contribution in [0.2, 0.25) is 0 Å². The zero-order valence-corrected chi connectivity index (χ0v) is 7.60. The highest BCUT2D eigenvalue weighted by Crippen LogP contribution is 2.41. The zero-order chi connectivity index (χ0) is 9.42. The van der Waals surface area contributed by atoms with Crippen molar-refractivity contribution in [3.63, 3.8) is 0 Å². The van der Waals surface area contributed by atoms with E-state index in [-0.39, 0.29) is 30.0 Å². The number of hydrogen-bond donors (Lipinski definition) is 1. The Balaban J connectivity index is 2.05. The number of ether oxygens (including phenoxy) is 2. The molecule has 1 saturated carbocycles. The Bertz CT molecular complexity index is 216. The van der Waals surface area contributed by atoms with Gasteiger partial charge in [-0.3, -0.25) is 4.79 Å². The molecule has 1 N–H and O–H groups in total. The minimum absolute atomic E-state index is 0.0670. The normalized spacial score (nSPS) is 43.4. The van der Waals surface area contributed by atoms with Crippen LogP contribution in [0.3, 0.4) is 0 Å². The molecule has 0 radical (unpaired) electrons. The minimum atomic E-state index is -0.372. The van der Waals surface area contributed by atoms with E-state index in [0.29, 0.717) is 19.4 Å². The summed E-state index contributed by atoms with van der Waals surface area (Å²) in [5.41, 5.74) is 0. The molecule has 1 aliphatic heterocycles. The van der Waals surface area contributed by atoms with Gasteiger partial charge < -0.3 is 14.6 Å². The van der Waals surface area contributed by atoms with Gasteiger partial charge in [0.2, 0.25) is 0 Å². The summed E-state index contributed by atoms with van der Waals surface area (Å²) in [6.45, 7) is 0.513. The van der Waals surface area contributed by atoms with Crippen LogP contribution < -0.4 is 0 Å². The van der Waals surface area contributed by atoms with Crippen LogP contribution in [-0.2, 0) is 14.3 Å². The summed E-state index contributed by atoms with van der Waals surface area (Å²) in [6.07, 6.45) is 0.575. The molecular formula is C9H14O4. The predicted molar refractivity (Wildman–Crippen MR) is 44.0 cm³/mol. The fraction of sp³-hybridized carbons (Fsp3) is 0.889. The van der Waals surface area contributed by atoms with Crippen molar-refractivity contribution in [2.24, 2.45) is 11.8 Å². The van der Waals surface area contributed by atoms with E-state index in [1.54, 1.807) is 7.11 Å². The molecule has 0 bridgehead atoms. The van der Waals surface area contributed by atoms with Crippen molar-refractivity contribution in [2.75, 3.05) is 13.7 Å². The summed E-state index contributed by atoms with van der Waals surface area (Å²) in [5.74, 6) is 0.104. The van der Waals surface area contributed by atoms with Gasteiger partial charge in [-0.2, -0.15) is 0 Å². The number of esters is 1. The molecule has 2 aliphatic rings. The van der Waals surface area contributed by atoms with E-state index in [1.165, 1.54) is 0 Å². The number of aliphatic hydroxyl groups excluding tert-OH is 1. The molecule has 1 heterocycles. The monoisotopic (exact) mass is 186 g/mol. The third kappa shape index (κ3) is 1.44. The highest BCUT2D eigenvalue weighted by atomic mass is 16.6. The van der Waals surface area contributed by atoms with Gasteiger partial charge in [0.25, 0.3) is 0 Å². The number of methoxy groups -OCH3 is 1. The molecule has 4 heteroatoms. The van der Waals surface area contributed by atoms with Gasteiger partial charge in [-0.15, -0.1) is 0 Å². The van der Waals surface area contributed by atoms with Gasteiger partial charge in [-0.05, 0) is 0 Å². The Hall–Kier alpha value is -0.610. The molecule has 2 rings (SSSR count). The number of hydrogen-bond acceptors (Lipinski definition) is 4. The molecule has 2 fully saturated rings. The van der Waals surface area contributed by atoms with Crippen molar-refractivity contribution in [1.82, 2.24) is 0 Å². The lowest BCUT2D eigenvalue weighted by atomic mass is 9.93. The molecule has 1 saturated heterocycles. The molecule has 0 unspecified atom stereocenters. The highest BCUT2D eigenvalue weighted by molar-refractivity contribution is 5.72. The second-order valence-electron chi connectivity index (χ2n) is 3.82. The van der Waals surface area contributed by atoms with Crippen LogP contribution in [0.25, 0.3) is 0 Å². The van der Waals surface area contributed by atoms with Crippen LogP contribution in [0.15, 0.2) is 0 Å². The molecule has 74 valence electrons. The lowest BCUT2D eigenvalue weighted by Crippen LogP contribution is -2.24.